The Morgan fingerprint density at radius 2 is 2.00 bits per heavy atom. The van der Waals surface area contributed by atoms with Gasteiger partial charge in [-0.3, -0.25) is 4.79 Å². The van der Waals surface area contributed by atoms with Crippen LogP contribution in [0.4, 0.5) is 4.39 Å². The Morgan fingerprint density at radius 3 is 2.50 bits per heavy atom. The fourth-order valence-corrected chi connectivity index (χ4v) is 3.17. The maximum atomic E-state index is 14.2. The summed E-state index contributed by atoms with van der Waals surface area (Å²) in [7, 11) is 0. The van der Waals surface area contributed by atoms with E-state index in [1.54, 1.807) is 19.1 Å². The summed E-state index contributed by atoms with van der Waals surface area (Å²) >= 11 is 5.84. The van der Waals surface area contributed by atoms with Gasteiger partial charge >= 0.3 is 0 Å². The third-order valence-electron chi connectivity index (χ3n) is 4.32. The van der Waals surface area contributed by atoms with Crippen molar-refractivity contribution in [3.63, 3.8) is 0 Å². The summed E-state index contributed by atoms with van der Waals surface area (Å²) in [6, 6.07) is 5.12. The van der Waals surface area contributed by atoms with E-state index >= 15 is 0 Å². The fourth-order valence-electron chi connectivity index (χ4n) is 3.01. The molecule has 2 rings (SSSR count). The van der Waals surface area contributed by atoms with E-state index in [9.17, 15) is 9.18 Å². The molecule has 1 aromatic carbocycles. The van der Waals surface area contributed by atoms with Crippen molar-refractivity contribution >= 4 is 17.5 Å². The number of hydrogen-bond acceptors (Lipinski definition) is 2. The molecule has 1 atom stereocenters. The fraction of sp³-hybridized carbons (Fsp3) is 0.588. The van der Waals surface area contributed by atoms with Crippen LogP contribution in [0.5, 0.6) is 0 Å². The zero-order chi connectivity index (χ0) is 16.3. The standard InChI is InChI=1S/C17H24ClFN2O/c1-11(2)17(15-5-4-13(18)10-16(15)19)20-14-6-8-21(9-7-14)12(3)22/h4-5,10-11,14,17,20H,6-9H2,1-3H3. The molecule has 22 heavy (non-hydrogen) atoms. The molecule has 1 amide bonds. The molecule has 1 N–H and O–H groups in total. The topological polar surface area (TPSA) is 32.3 Å². The van der Waals surface area contributed by atoms with Crippen LogP contribution < -0.4 is 5.32 Å². The minimum atomic E-state index is -0.264. The first-order chi connectivity index (χ1) is 10.4. The molecular formula is C17H24ClFN2O. The molecule has 1 unspecified atom stereocenters. The molecule has 1 saturated heterocycles. The summed E-state index contributed by atoms with van der Waals surface area (Å²) in [4.78, 5) is 13.2. The van der Waals surface area contributed by atoms with Crippen LogP contribution >= 0.6 is 11.6 Å². The normalized spacial score (nSPS) is 17.8. The average Bonchev–Trinajstić information content (AvgIpc) is 2.45. The molecule has 3 nitrogen and oxygen atoms in total. The van der Waals surface area contributed by atoms with E-state index in [0.717, 1.165) is 25.9 Å². The maximum Gasteiger partial charge on any atom is 0.219 e. The van der Waals surface area contributed by atoms with Crippen molar-refractivity contribution < 1.29 is 9.18 Å². The lowest BCUT2D eigenvalue weighted by Gasteiger charge is -2.35. The molecule has 1 aliphatic heterocycles. The van der Waals surface area contributed by atoms with Gasteiger partial charge in [-0.25, -0.2) is 4.39 Å². The highest BCUT2D eigenvalue weighted by Gasteiger charge is 2.26. The van der Waals surface area contributed by atoms with Gasteiger partial charge in [-0.1, -0.05) is 31.5 Å². The number of piperidine rings is 1. The molecule has 0 bridgehead atoms. The van der Waals surface area contributed by atoms with Crippen molar-refractivity contribution in [2.24, 2.45) is 5.92 Å². The molecule has 1 fully saturated rings. The molecular weight excluding hydrogens is 303 g/mol. The van der Waals surface area contributed by atoms with Crippen molar-refractivity contribution in [1.82, 2.24) is 10.2 Å². The van der Waals surface area contributed by atoms with Crippen LogP contribution in [0.25, 0.3) is 0 Å². The summed E-state index contributed by atoms with van der Waals surface area (Å²) < 4.78 is 14.2. The molecule has 1 aromatic rings. The number of likely N-dealkylation sites (tertiary alicyclic amines) is 1. The lowest BCUT2D eigenvalue weighted by Crippen LogP contribution is -2.46. The average molecular weight is 327 g/mol. The summed E-state index contributed by atoms with van der Waals surface area (Å²) in [5.41, 5.74) is 0.661. The van der Waals surface area contributed by atoms with Gasteiger partial charge in [0, 0.05) is 42.7 Å². The minimum absolute atomic E-state index is 0.0499. The number of rotatable bonds is 4. The number of halogens is 2. The van der Waals surface area contributed by atoms with E-state index in [1.807, 2.05) is 4.90 Å². The molecule has 0 spiro atoms. The highest BCUT2D eigenvalue weighted by Crippen LogP contribution is 2.28. The molecule has 122 valence electrons. The molecule has 1 heterocycles. The Balaban J connectivity index is 2.05. The Morgan fingerprint density at radius 1 is 1.36 bits per heavy atom. The first-order valence-electron chi connectivity index (χ1n) is 7.85. The SMILES string of the molecule is CC(=O)N1CCC(NC(c2ccc(Cl)cc2F)C(C)C)CC1. The molecule has 0 radical (unpaired) electrons. The Labute approximate surface area is 136 Å². The van der Waals surface area contributed by atoms with Crippen LogP contribution in [0, 0.1) is 11.7 Å². The van der Waals surface area contributed by atoms with E-state index in [2.05, 4.69) is 19.2 Å². The van der Waals surface area contributed by atoms with E-state index in [-0.39, 0.29) is 23.7 Å². The highest BCUT2D eigenvalue weighted by atomic mass is 35.5. The van der Waals surface area contributed by atoms with Gasteiger partial charge in [0.15, 0.2) is 0 Å². The third kappa shape index (κ3) is 4.20. The number of carbonyl (C=O) groups is 1. The number of benzene rings is 1. The molecule has 0 aliphatic carbocycles. The summed E-state index contributed by atoms with van der Waals surface area (Å²) in [5, 5.41) is 3.99. The van der Waals surface area contributed by atoms with Gasteiger partial charge in [0.1, 0.15) is 5.82 Å². The predicted molar refractivity (Wildman–Crippen MR) is 87.4 cm³/mol. The van der Waals surface area contributed by atoms with Gasteiger partial charge in [0.2, 0.25) is 5.91 Å². The van der Waals surface area contributed by atoms with Crippen LogP contribution in [0.2, 0.25) is 5.02 Å². The van der Waals surface area contributed by atoms with Crippen molar-refractivity contribution in [2.75, 3.05) is 13.1 Å². The summed E-state index contributed by atoms with van der Waals surface area (Å²) in [6.07, 6.45) is 1.80. The monoisotopic (exact) mass is 326 g/mol. The third-order valence-corrected chi connectivity index (χ3v) is 4.55. The van der Waals surface area contributed by atoms with Crippen molar-refractivity contribution in [2.45, 2.75) is 45.7 Å². The number of nitrogens with one attached hydrogen (secondary N) is 1. The highest BCUT2D eigenvalue weighted by molar-refractivity contribution is 6.30. The van der Waals surface area contributed by atoms with Gasteiger partial charge in [-0.15, -0.1) is 0 Å². The van der Waals surface area contributed by atoms with E-state index in [1.165, 1.54) is 6.07 Å². The van der Waals surface area contributed by atoms with Gasteiger partial charge in [0.05, 0.1) is 0 Å². The zero-order valence-electron chi connectivity index (χ0n) is 13.4. The van der Waals surface area contributed by atoms with E-state index in [4.69, 9.17) is 11.6 Å². The van der Waals surface area contributed by atoms with Crippen LogP contribution in [-0.4, -0.2) is 29.9 Å². The van der Waals surface area contributed by atoms with Gasteiger partial charge in [-0.05, 0) is 30.9 Å². The second-order valence-corrected chi connectivity index (χ2v) is 6.77. The van der Waals surface area contributed by atoms with Gasteiger partial charge in [0.25, 0.3) is 0 Å². The summed E-state index contributed by atoms with van der Waals surface area (Å²) in [6.45, 7) is 7.29. The first kappa shape index (κ1) is 17.2. The lowest BCUT2D eigenvalue weighted by atomic mass is 9.93. The van der Waals surface area contributed by atoms with E-state index in [0.29, 0.717) is 16.6 Å². The molecule has 0 saturated carbocycles. The van der Waals surface area contributed by atoms with Crippen LogP contribution in [-0.2, 0) is 4.79 Å². The van der Waals surface area contributed by atoms with Crippen molar-refractivity contribution in [3.8, 4) is 0 Å². The van der Waals surface area contributed by atoms with Crippen molar-refractivity contribution in [1.29, 1.82) is 0 Å². The number of carbonyl (C=O) groups excluding carboxylic acids is 1. The molecule has 0 aromatic heterocycles. The van der Waals surface area contributed by atoms with Crippen molar-refractivity contribution in [3.05, 3.63) is 34.6 Å². The molecule has 5 heteroatoms. The first-order valence-corrected chi connectivity index (χ1v) is 8.22. The van der Waals surface area contributed by atoms with Crippen LogP contribution in [0.1, 0.15) is 45.2 Å². The second kappa shape index (κ2) is 7.42. The second-order valence-electron chi connectivity index (χ2n) is 6.33. The Kier molecular flexibility index (Phi) is 5.81. The van der Waals surface area contributed by atoms with Gasteiger partial charge < -0.3 is 10.2 Å². The number of amides is 1. The van der Waals surface area contributed by atoms with Crippen LogP contribution in [0.15, 0.2) is 18.2 Å². The lowest BCUT2D eigenvalue weighted by molar-refractivity contribution is -0.129. The van der Waals surface area contributed by atoms with Gasteiger partial charge in [-0.2, -0.15) is 0 Å². The predicted octanol–water partition coefficient (Wildman–Crippen LogP) is 3.78. The number of hydrogen-bond donors (Lipinski definition) is 1. The zero-order valence-corrected chi connectivity index (χ0v) is 14.2. The van der Waals surface area contributed by atoms with Crippen LogP contribution in [0.3, 0.4) is 0 Å². The quantitative estimate of drug-likeness (QED) is 0.913. The smallest absolute Gasteiger partial charge is 0.219 e. The Bertz CT molecular complexity index is 527. The largest absolute Gasteiger partial charge is 0.343 e. The Hall–Kier alpha value is -1.13. The molecule has 1 aliphatic rings. The van der Waals surface area contributed by atoms with E-state index < -0.39 is 0 Å². The minimum Gasteiger partial charge on any atom is -0.343 e. The maximum absolute atomic E-state index is 14.2. The summed E-state index contributed by atoms with van der Waals surface area (Å²) in [5.74, 6) is 0.129. The number of nitrogens with zero attached hydrogens (tertiary/aromatic N) is 1.